The Labute approximate surface area is 90.8 Å². The minimum absolute atomic E-state index is 0.461. The van der Waals surface area contributed by atoms with Crippen molar-refractivity contribution in [2.45, 2.75) is 20.3 Å². The third kappa shape index (κ3) is 5.37. The number of methoxy groups -OCH3 is 1. The first-order chi connectivity index (χ1) is 7.17. The summed E-state index contributed by atoms with van der Waals surface area (Å²) in [5.41, 5.74) is 0. The quantitative estimate of drug-likeness (QED) is 0.502. The second-order valence-electron chi connectivity index (χ2n) is 3.08. The standard InChI is InChI=1S/C10H20N2O3/c1-4-12(5-2)10(14)9(13)11-7-6-8-15-3/h4-8H2,1-3H3,(H,11,13). The Hall–Kier alpha value is -1.10. The zero-order valence-electron chi connectivity index (χ0n) is 9.71. The summed E-state index contributed by atoms with van der Waals surface area (Å²) >= 11 is 0. The largest absolute Gasteiger partial charge is 0.385 e. The average Bonchev–Trinajstić information content (AvgIpc) is 2.25. The topological polar surface area (TPSA) is 58.6 Å². The van der Waals surface area contributed by atoms with Gasteiger partial charge in [0.15, 0.2) is 0 Å². The molecule has 0 saturated carbocycles. The second kappa shape index (κ2) is 8.23. The van der Waals surface area contributed by atoms with Gasteiger partial charge in [0.25, 0.3) is 0 Å². The first-order valence-electron chi connectivity index (χ1n) is 5.23. The number of likely N-dealkylation sites (N-methyl/N-ethyl adjacent to an activating group) is 1. The number of nitrogens with zero attached hydrogens (tertiary/aromatic N) is 1. The summed E-state index contributed by atoms with van der Waals surface area (Å²) in [6, 6.07) is 0. The molecule has 0 aromatic rings. The predicted octanol–water partition coefficient (Wildman–Crippen LogP) is 0.00750. The third-order valence-corrected chi connectivity index (χ3v) is 2.06. The lowest BCUT2D eigenvalue weighted by Crippen LogP contribution is -2.43. The van der Waals surface area contributed by atoms with Crippen LogP contribution in [0.1, 0.15) is 20.3 Å². The van der Waals surface area contributed by atoms with Crippen molar-refractivity contribution in [3.8, 4) is 0 Å². The molecule has 0 aromatic carbocycles. The van der Waals surface area contributed by atoms with Crippen LogP contribution in [0.15, 0.2) is 0 Å². The maximum absolute atomic E-state index is 11.5. The van der Waals surface area contributed by atoms with Crippen LogP contribution < -0.4 is 5.32 Å². The van der Waals surface area contributed by atoms with E-state index in [0.29, 0.717) is 32.7 Å². The smallest absolute Gasteiger partial charge is 0.311 e. The van der Waals surface area contributed by atoms with Gasteiger partial charge in [0.1, 0.15) is 0 Å². The van der Waals surface area contributed by atoms with E-state index in [1.807, 2.05) is 13.8 Å². The molecule has 0 aromatic heterocycles. The summed E-state index contributed by atoms with van der Waals surface area (Å²) in [5.74, 6) is -0.993. The highest BCUT2D eigenvalue weighted by atomic mass is 16.5. The number of amides is 2. The maximum Gasteiger partial charge on any atom is 0.311 e. The van der Waals surface area contributed by atoms with Crippen molar-refractivity contribution in [1.29, 1.82) is 0 Å². The first kappa shape index (κ1) is 13.9. The van der Waals surface area contributed by atoms with Crippen LogP contribution in [0.4, 0.5) is 0 Å². The van der Waals surface area contributed by atoms with Crippen molar-refractivity contribution in [2.75, 3.05) is 33.4 Å². The summed E-state index contributed by atoms with van der Waals surface area (Å²) in [5, 5.41) is 2.56. The fourth-order valence-electron chi connectivity index (χ4n) is 1.15. The third-order valence-electron chi connectivity index (χ3n) is 2.06. The van der Waals surface area contributed by atoms with Gasteiger partial charge < -0.3 is 15.0 Å². The highest BCUT2D eigenvalue weighted by Crippen LogP contribution is 1.89. The van der Waals surface area contributed by atoms with Crippen LogP contribution in [0, 0.1) is 0 Å². The van der Waals surface area contributed by atoms with Gasteiger partial charge in [-0.1, -0.05) is 0 Å². The fourth-order valence-corrected chi connectivity index (χ4v) is 1.15. The van der Waals surface area contributed by atoms with E-state index in [4.69, 9.17) is 4.74 Å². The second-order valence-corrected chi connectivity index (χ2v) is 3.08. The molecular weight excluding hydrogens is 196 g/mol. The van der Waals surface area contributed by atoms with E-state index in [9.17, 15) is 9.59 Å². The summed E-state index contributed by atoms with van der Waals surface area (Å²) in [6.45, 7) is 5.86. The molecule has 0 aliphatic carbocycles. The number of rotatable bonds is 6. The van der Waals surface area contributed by atoms with Gasteiger partial charge in [0.05, 0.1) is 0 Å². The van der Waals surface area contributed by atoms with Crippen LogP contribution >= 0.6 is 0 Å². The van der Waals surface area contributed by atoms with E-state index in [1.165, 1.54) is 4.90 Å². The number of carbonyl (C=O) groups excluding carboxylic acids is 2. The molecule has 0 radical (unpaired) electrons. The molecule has 88 valence electrons. The van der Waals surface area contributed by atoms with Crippen LogP contribution in [0.3, 0.4) is 0 Å². The molecule has 0 aliphatic heterocycles. The van der Waals surface area contributed by atoms with Crippen molar-refractivity contribution in [2.24, 2.45) is 0 Å². The Morgan fingerprint density at radius 1 is 1.27 bits per heavy atom. The van der Waals surface area contributed by atoms with Crippen LogP contribution in [0.5, 0.6) is 0 Å². The molecule has 0 aliphatic rings. The molecule has 2 amide bonds. The van der Waals surface area contributed by atoms with Crippen molar-refractivity contribution in [3.05, 3.63) is 0 Å². The fraction of sp³-hybridized carbons (Fsp3) is 0.800. The molecule has 5 nitrogen and oxygen atoms in total. The summed E-state index contributed by atoms with van der Waals surface area (Å²) in [6.07, 6.45) is 0.716. The first-order valence-corrected chi connectivity index (χ1v) is 5.23. The van der Waals surface area contributed by atoms with Gasteiger partial charge in [0.2, 0.25) is 0 Å². The summed E-state index contributed by atoms with van der Waals surface area (Å²) in [4.78, 5) is 24.3. The summed E-state index contributed by atoms with van der Waals surface area (Å²) in [7, 11) is 1.60. The van der Waals surface area contributed by atoms with E-state index in [0.717, 1.165) is 0 Å². The number of hydrogen-bond donors (Lipinski definition) is 1. The molecule has 0 atom stereocenters. The van der Waals surface area contributed by atoms with Gasteiger partial charge in [-0.05, 0) is 20.3 Å². The van der Waals surface area contributed by atoms with Gasteiger partial charge in [-0.25, -0.2) is 0 Å². The number of carbonyl (C=O) groups is 2. The molecule has 0 rings (SSSR count). The molecule has 0 unspecified atom stereocenters. The molecule has 0 fully saturated rings. The van der Waals surface area contributed by atoms with Crippen molar-refractivity contribution < 1.29 is 14.3 Å². The average molecular weight is 216 g/mol. The van der Waals surface area contributed by atoms with Gasteiger partial charge in [-0.3, -0.25) is 9.59 Å². The highest BCUT2D eigenvalue weighted by Gasteiger charge is 2.17. The molecule has 5 heteroatoms. The maximum atomic E-state index is 11.5. The van der Waals surface area contributed by atoms with Gasteiger partial charge in [-0.2, -0.15) is 0 Å². The van der Waals surface area contributed by atoms with E-state index in [-0.39, 0.29) is 0 Å². The monoisotopic (exact) mass is 216 g/mol. The van der Waals surface area contributed by atoms with Crippen LogP contribution in [0.2, 0.25) is 0 Å². The minimum atomic E-state index is -0.533. The molecule has 0 saturated heterocycles. The van der Waals surface area contributed by atoms with E-state index in [2.05, 4.69) is 5.32 Å². The Morgan fingerprint density at radius 2 is 1.87 bits per heavy atom. The highest BCUT2D eigenvalue weighted by molar-refractivity contribution is 6.34. The molecule has 0 heterocycles. The summed E-state index contributed by atoms with van der Waals surface area (Å²) < 4.78 is 4.83. The number of hydrogen-bond acceptors (Lipinski definition) is 3. The molecular formula is C10H20N2O3. The van der Waals surface area contributed by atoms with Crippen LogP contribution in [-0.2, 0) is 14.3 Å². The molecule has 0 bridgehead atoms. The van der Waals surface area contributed by atoms with Crippen LogP contribution in [-0.4, -0.2) is 50.1 Å². The van der Waals surface area contributed by atoms with Gasteiger partial charge in [-0.15, -0.1) is 0 Å². The Balaban J connectivity index is 3.83. The lowest BCUT2D eigenvalue weighted by molar-refractivity contribution is -0.145. The number of nitrogens with one attached hydrogen (secondary N) is 1. The van der Waals surface area contributed by atoms with E-state index < -0.39 is 11.8 Å². The van der Waals surface area contributed by atoms with E-state index in [1.54, 1.807) is 7.11 Å². The Bertz CT molecular complexity index is 203. The predicted molar refractivity (Wildman–Crippen MR) is 57.4 cm³/mol. The van der Waals surface area contributed by atoms with Crippen LogP contribution in [0.25, 0.3) is 0 Å². The minimum Gasteiger partial charge on any atom is -0.385 e. The normalized spacial score (nSPS) is 9.80. The lowest BCUT2D eigenvalue weighted by atomic mass is 10.4. The van der Waals surface area contributed by atoms with Crippen molar-refractivity contribution >= 4 is 11.8 Å². The molecule has 0 spiro atoms. The SMILES string of the molecule is CCN(CC)C(=O)C(=O)NCCCOC. The number of ether oxygens (including phenoxy) is 1. The molecule has 15 heavy (non-hydrogen) atoms. The van der Waals surface area contributed by atoms with Crippen molar-refractivity contribution in [3.63, 3.8) is 0 Å². The van der Waals surface area contributed by atoms with E-state index >= 15 is 0 Å². The van der Waals surface area contributed by atoms with Crippen molar-refractivity contribution in [1.82, 2.24) is 10.2 Å². The Kier molecular flexibility index (Phi) is 7.62. The van der Waals surface area contributed by atoms with Gasteiger partial charge >= 0.3 is 11.8 Å². The zero-order chi connectivity index (χ0) is 11.7. The Morgan fingerprint density at radius 3 is 2.33 bits per heavy atom. The lowest BCUT2D eigenvalue weighted by Gasteiger charge is -2.17. The zero-order valence-corrected chi connectivity index (χ0v) is 9.71. The molecule has 1 N–H and O–H groups in total. The van der Waals surface area contributed by atoms with Gasteiger partial charge in [0, 0.05) is 33.4 Å².